The zero-order chi connectivity index (χ0) is 16.3. The van der Waals surface area contributed by atoms with Gasteiger partial charge in [-0.25, -0.2) is 0 Å². The predicted octanol–water partition coefficient (Wildman–Crippen LogP) is 2.20. The SMILES string of the molecule is CC1(C)CCCNC1CNC(=O)c1cnn(-c2ccccc2)n1.Cl. The number of halogens is 1. The summed E-state index contributed by atoms with van der Waals surface area (Å²) in [6.45, 7) is 6.08. The molecular weight excluding hydrogens is 326 g/mol. The molecule has 0 bridgehead atoms. The highest BCUT2D eigenvalue weighted by molar-refractivity contribution is 5.91. The maximum atomic E-state index is 12.3. The largest absolute Gasteiger partial charge is 0.349 e. The Hall–Kier alpha value is -1.92. The van der Waals surface area contributed by atoms with Crippen LogP contribution in [0.1, 0.15) is 37.2 Å². The molecule has 1 aliphatic rings. The second kappa shape index (κ2) is 7.77. The zero-order valence-corrected chi connectivity index (χ0v) is 14.8. The Morgan fingerprint density at radius 3 is 2.83 bits per heavy atom. The fourth-order valence-electron chi connectivity index (χ4n) is 2.96. The van der Waals surface area contributed by atoms with Gasteiger partial charge in [-0.15, -0.1) is 17.5 Å². The van der Waals surface area contributed by atoms with E-state index in [1.54, 1.807) is 0 Å². The maximum absolute atomic E-state index is 12.3. The third kappa shape index (κ3) is 4.13. The van der Waals surface area contributed by atoms with Gasteiger partial charge in [-0.05, 0) is 36.9 Å². The van der Waals surface area contributed by atoms with Gasteiger partial charge < -0.3 is 10.6 Å². The van der Waals surface area contributed by atoms with Crippen LogP contribution in [0.4, 0.5) is 0 Å². The number of carbonyl (C=O) groups is 1. The standard InChI is InChI=1S/C17H23N5O.ClH/c1-17(2)9-6-10-18-15(17)12-19-16(23)14-11-20-22(21-14)13-7-4-3-5-8-13;/h3-5,7-8,11,15,18H,6,9-10,12H2,1-2H3,(H,19,23);1H. The summed E-state index contributed by atoms with van der Waals surface area (Å²) < 4.78 is 0. The number of hydrogen-bond donors (Lipinski definition) is 2. The zero-order valence-electron chi connectivity index (χ0n) is 14.0. The number of aromatic nitrogens is 3. The van der Waals surface area contributed by atoms with Gasteiger partial charge in [0, 0.05) is 12.6 Å². The van der Waals surface area contributed by atoms with Crippen molar-refractivity contribution in [3.63, 3.8) is 0 Å². The Bertz CT molecular complexity index is 671. The molecule has 0 radical (unpaired) electrons. The number of benzene rings is 1. The van der Waals surface area contributed by atoms with E-state index in [1.807, 2.05) is 30.3 Å². The van der Waals surface area contributed by atoms with E-state index < -0.39 is 0 Å². The van der Waals surface area contributed by atoms with E-state index in [9.17, 15) is 4.79 Å². The number of piperidine rings is 1. The van der Waals surface area contributed by atoms with Crippen molar-refractivity contribution in [2.45, 2.75) is 32.7 Å². The minimum Gasteiger partial charge on any atom is -0.349 e. The van der Waals surface area contributed by atoms with Crippen LogP contribution in [0.2, 0.25) is 0 Å². The van der Waals surface area contributed by atoms with Crippen LogP contribution >= 0.6 is 12.4 Å². The molecule has 3 rings (SSSR count). The molecule has 2 aromatic rings. The summed E-state index contributed by atoms with van der Waals surface area (Å²) in [6, 6.07) is 9.83. The number of carbonyl (C=O) groups excluding carboxylic acids is 1. The minimum absolute atomic E-state index is 0. The van der Waals surface area contributed by atoms with E-state index >= 15 is 0 Å². The average Bonchev–Trinajstić information content (AvgIpc) is 3.04. The molecule has 0 saturated carbocycles. The molecule has 7 heteroatoms. The molecule has 1 atom stereocenters. The Morgan fingerprint density at radius 2 is 2.12 bits per heavy atom. The molecule has 1 amide bonds. The lowest BCUT2D eigenvalue weighted by atomic mass is 9.77. The molecule has 1 aromatic heterocycles. The fraction of sp³-hybridized carbons (Fsp3) is 0.471. The average molecular weight is 350 g/mol. The first-order chi connectivity index (χ1) is 11.1. The summed E-state index contributed by atoms with van der Waals surface area (Å²) in [5, 5.41) is 14.9. The highest BCUT2D eigenvalue weighted by atomic mass is 35.5. The van der Waals surface area contributed by atoms with Crippen LogP contribution in [0, 0.1) is 5.41 Å². The number of para-hydroxylation sites is 1. The molecule has 2 heterocycles. The Morgan fingerprint density at radius 1 is 1.38 bits per heavy atom. The van der Waals surface area contributed by atoms with Crippen molar-refractivity contribution >= 4 is 18.3 Å². The lowest BCUT2D eigenvalue weighted by Crippen LogP contribution is -2.52. The fourth-order valence-corrected chi connectivity index (χ4v) is 2.96. The normalized spacial score (nSPS) is 19.3. The molecule has 24 heavy (non-hydrogen) atoms. The van der Waals surface area contributed by atoms with Gasteiger partial charge in [0.2, 0.25) is 0 Å². The van der Waals surface area contributed by atoms with E-state index in [-0.39, 0.29) is 29.8 Å². The van der Waals surface area contributed by atoms with Gasteiger partial charge in [-0.3, -0.25) is 4.79 Å². The van der Waals surface area contributed by atoms with Gasteiger partial charge >= 0.3 is 0 Å². The highest BCUT2D eigenvalue weighted by Gasteiger charge is 2.32. The molecule has 130 valence electrons. The molecule has 6 nitrogen and oxygen atoms in total. The Kier molecular flexibility index (Phi) is 5.96. The van der Waals surface area contributed by atoms with Crippen molar-refractivity contribution < 1.29 is 4.79 Å². The lowest BCUT2D eigenvalue weighted by molar-refractivity contribution is 0.0923. The van der Waals surface area contributed by atoms with Crippen molar-refractivity contribution in [2.24, 2.45) is 5.41 Å². The summed E-state index contributed by atoms with van der Waals surface area (Å²) >= 11 is 0. The van der Waals surface area contributed by atoms with Crippen LogP contribution in [0.5, 0.6) is 0 Å². The van der Waals surface area contributed by atoms with Gasteiger partial charge in [-0.2, -0.15) is 9.90 Å². The predicted molar refractivity (Wildman–Crippen MR) is 95.7 cm³/mol. The number of nitrogens with zero attached hydrogens (tertiary/aromatic N) is 3. The summed E-state index contributed by atoms with van der Waals surface area (Å²) in [5.74, 6) is -0.185. The first-order valence-corrected chi connectivity index (χ1v) is 8.06. The second-order valence-corrected chi connectivity index (χ2v) is 6.66. The summed E-state index contributed by atoms with van der Waals surface area (Å²) in [7, 11) is 0. The maximum Gasteiger partial charge on any atom is 0.273 e. The third-order valence-electron chi connectivity index (χ3n) is 4.51. The van der Waals surface area contributed by atoms with Gasteiger partial charge in [0.1, 0.15) is 0 Å². The van der Waals surface area contributed by atoms with Crippen molar-refractivity contribution in [1.29, 1.82) is 0 Å². The van der Waals surface area contributed by atoms with Gasteiger partial charge in [0.05, 0.1) is 11.9 Å². The van der Waals surface area contributed by atoms with Crippen molar-refractivity contribution in [1.82, 2.24) is 25.6 Å². The van der Waals surface area contributed by atoms with Crippen LogP contribution in [0.25, 0.3) is 5.69 Å². The van der Waals surface area contributed by atoms with E-state index in [0.717, 1.165) is 12.2 Å². The number of amides is 1. The molecule has 0 spiro atoms. The van der Waals surface area contributed by atoms with E-state index in [4.69, 9.17) is 0 Å². The van der Waals surface area contributed by atoms with Crippen molar-refractivity contribution in [2.75, 3.05) is 13.1 Å². The first-order valence-electron chi connectivity index (χ1n) is 8.06. The lowest BCUT2D eigenvalue weighted by Gasteiger charge is -2.39. The molecule has 2 N–H and O–H groups in total. The molecule has 1 aliphatic heterocycles. The smallest absolute Gasteiger partial charge is 0.273 e. The first kappa shape index (κ1) is 18.4. The van der Waals surface area contributed by atoms with Crippen LogP contribution in [-0.2, 0) is 0 Å². The van der Waals surface area contributed by atoms with Gasteiger partial charge in [-0.1, -0.05) is 32.0 Å². The number of nitrogens with one attached hydrogen (secondary N) is 2. The van der Waals surface area contributed by atoms with Crippen molar-refractivity contribution in [3.05, 3.63) is 42.2 Å². The van der Waals surface area contributed by atoms with Crippen molar-refractivity contribution in [3.8, 4) is 5.69 Å². The number of rotatable bonds is 4. The molecule has 1 fully saturated rings. The Balaban J connectivity index is 0.00000208. The highest BCUT2D eigenvalue weighted by Crippen LogP contribution is 2.29. The summed E-state index contributed by atoms with van der Waals surface area (Å²) in [5.41, 5.74) is 1.36. The van der Waals surface area contributed by atoms with Crippen LogP contribution < -0.4 is 10.6 Å². The third-order valence-corrected chi connectivity index (χ3v) is 4.51. The summed E-state index contributed by atoms with van der Waals surface area (Å²) in [4.78, 5) is 13.8. The molecule has 1 unspecified atom stereocenters. The van der Waals surface area contributed by atoms with E-state index in [2.05, 4.69) is 34.7 Å². The Labute approximate surface area is 148 Å². The minimum atomic E-state index is -0.185. The quantitative estimate of drug-likeness (QED) is 0.887. The van der Waals surface area contributed by atoms with E-state index in [1.165, 1.54) is 23.8 Å². The van der Waals surface area contributed by atoms with Crippen LogP contribution in [0.15, 0.2) is 36.5 Å². The monoisotopic (exact) mass is 349 g/mol. The molecule has 1 aromatic carbocycles. The molecule has 1 saturated heterocycles. The topological polar surface area (TPSA) is 71.8 Å². The molecular formula is C17H24ClN5O. The van der Waals surface area contributed by atoms with Gasteiger partial charge in [0.15, 0.2) is 5.69 Å². The summed E-state index contributed by atoms with van der Waals surface area (Å²) in [6.07, 6.45) is 3.86. The van der Waals surface area contributed by atoms with E-state index in [0.29, 0.717) is 12.2 Å². The van der Waals surface area contributed by atoms with Crippen LogP contribution in [-0.4, -0.2) is 40.0 Å². The number of hydrogen-bond acceptors (Lipinski definition) is 4. The van der Waals surface area contributed by atoms with Crippen LogP contribution in [0.3, 0.4) is 0 Å². The molecule has 0 aliphatic carbocycles. The second-order valence-electron chi connectivity index (χ2n) is 6.66. The van der Waals surface area contributed by atoms with Gasteiger partial charge in [0.25, 0.3) is 5.91 Å².